The number of carbonyl (C=O) groups is 1. The molecule has 2 heteroatoms. The molecule has 3 unspecified atom stereocenters. The van der Waals surface area contributed by atoms with Gasteiger partial charge >= 0.3 is 0 Å². The predicted molar refractivity (Wildman–Crippen MR) is 103 cm³/mol. The van der Waals surface area contributed by atoms with E-state index in [1.807, 2.05) is 0 Å². The summed E-state index contributed by atoms with van der Waals surface area (Å²) >= 11 is 0. The van der Waals surface area contributed by atoms with Crippen molar-refractivity contribution in [3.05, 3.63) is 0 Å². The van der Waals surface area contributed by atoms with Crippen LogP contribution in [-0.2, 0) is 4.79 Å². The quantitative estimate of drug-likeness (QED) is 0.367. The van der Waals surface area contributed by atoms with Crippen molar-refractivity contribution in [2.45, 2.75) is 99.3 Å². The van der Waals surface area contributed by atoms with E-state index in [0.717, 1.165) is 19.5 Å². The Morgan fingerprint density at radius 3 is 1.52 bits per heavy atom. The van der Waals surface area contributed by atoms with Gasteiger partial charge in [-0.05, 0) is 31.1 Å². The first-order valence-corrected chi connectivity index (χ1v) is 10.3. The van der Waals surface area contributed by atoms with Crippen LogP contribution in [0.25, 0.3) is 0 Å². The van der Waals surface area contributed by atoms with E-state index in [9.17, 15) is 4.79 Å². The summed E-state index contributed by atoms with van der Waals surface area (Å²) in [5.74, 6) is 1.90. The molecule has 0 saturated carbocycles. The first-order valence-electron chi connectivity index (χ1n) is 10.3. The van der Waals surface area contributed by atoms with Gasteiger partial charge in [-0.2, -0.15) is 0 Å². The maximum absolute atomic E-state index is 12.9. The standard InChI is InChI=1S/C21H43NO/c1-7-12-14-19(10-4)16-22(21(23)18(6)9-3)17-20(11-5)15-13-8-2/h18-20H,7-17H2,1-6H3. The second-order valence-electron chi connectivity index (χ2n) is 7.39. The fourth-order valence-electron chi connectivity index (χ4n) is 3.20. The molecule has 0 aliphatic rings. The lowest BCUT2D eigenvalue weighted by atomic mass is 9.94. The maximum Gasteiger partial charge on any atom is 0.225 e. The third-order valence-corrected chi connectivity index (χ3v) is 5.39. The highest BCUT2D eigenvalue weighted by Gasteiger charge is 2.24. The Balaban J connectivity index is 4.87. The molecular weight excluding hydrogens is 282 g/mol. The van der Waals surface area contributed by atoms with Gasteiger partial charge in [-0.25, -0.2) is 0 Å². The Morgan fingerprint density at radius 2 is 1.22 bits per heavy atom. The van der Waals surface area contributed by atoms with Crippen LogP contribution in [0, 0.1) is 17.8 Å². The number of hydrogen-bond donors (Lipinski definition) is 0. The number of rotatable bonds is 14. The van der Waals surface area contributed by atoms with Gasteiger partial charge < -0.3 is 4.90 Å². The van der Waals surface area contributed by atoms with E-state index >= 15 is 0 Å². The molecule has 0 spiro atoms. The van der Waals surface area contributed by atoms with E-state index < -0.39 is 0 Å². The molecule has 0 aliphatic carbocycles. The van der Waals surface area contributed by atoms with E-state index in [1.54, 1.807) is 0 Å². The minimum atomic E-state index is 0.169. The van der Waals surface area contributed by atoms with Gasteiger partial charge in [-0.15, -0.1) is 0 Å². The second-order valence-corrected chi connectivity index (χ2v) is 7.39. The summed E-state index contributed by atoms with van der Waals surface area (Å²) in [6.45, 7) is 15.2. The summed E-state index contributed by atoms with van der Waals surface area (Å²) < 4.78 is 0. The first-order chi connectivity index (χ1) is 11.0. The van der Waals surface area contributed by atoms with Gasteiger partial charge in [0.1, 0.15) is 0 Å². The van der Waals surface area contributed by atoms with Gasteiger partial charge in [0.25, 0.3) is 0 Å². The molecule has 0 N–H and O–H groups in total. The molecule has 1 amide bonds. The first kappa shape index (κ1) is 22.5. The van der Waals surface area contributed by atoms with Crippen molar-refractivity contribution in [2.75, 3.05) is 13.1 Å². The minimum absolute atomic E-state index is 0.169. The Labute approximate surface area is 146 Å². The average Bonchev–Trinajstić information content (AvgIpc) is 2.58. The SMILES string of the molecule is CCCCC(CC)CN(CC(CC)CCCC)C(=O)C(C)CC. The van der Waals surface area contributed by atoms with Crippen molar-refractivity contribution in [2.24, 2.45) is 17.8 Å². The van der Waals surface area contributed by atoms with Gasteiger partial charge in [0, 0.05) is 19.0 Å². The normalized spacial score (nSPS) is 15.2. The summed E-state index contributed by atoms with van der Waals surface area (Å²) in [6, 6.07) is 0. The summed E-state index contributed by atoms with van der Waals surface area (Å²) in [6.07, 6.45) is 11.0. The van der Waals surface area contributed by atoms with Crippen molar-refractivity contribution >= 4 is 5.91 Å². The molecule has 0 aromatic heterocycles. The second kappa shape index (κ2) is 13.9. The van der Waals surface area contributed by atoms with E-state index in [2.05, 4.69) is 46.4 Å². The van der Waals surface area contributed by atoms with Gasteiger partial charge in [0.2, 0.25) is 5.91 Å². The minimum Gasteiger partial charge on any atom is -0.342 e. The molecule has 0 rings (SSSR count). The van der Waals surface area contributed by atoms with Gasteiger partial charge in [-0.1, -0.05) is 80.1 Å². The molecule has 0 aromatic rings. The van der Waals surface area contributed by atoms with Crippen LogP contribution in [0.15, 0.2) is 0 Å². The topological polar surface area (TPSA) is 20.3 Å². The molecule has 0 radical (unpaired) electrons. The fraction of sp³-hybridized carbons (Fsp3) is 0.952. The van der Waals surface area contributed by atoms with Crippen LogP contribution in [0.4, 0.5) is 0 Å². The zero-order valence-electron chi connectivity index (χ0n) is 16.9. The van der Waals surface area contributed by atoms with E-state index in [0.29, 0.717) is 17.7 Å². The summed E-state index contributed by atoms with van der Waals surface area (Å²) in [7, 11) is 0. The van der Waals surface area contributed by atoms with Crippen LogP contribution < -0.4 is 0 Å². The highest BCUT2D eigenvalue weighted by molar-refractivity contribution is 5.78. The third kappa shape index (κ3) is 9.37. The van der Waals surface area contributed by atoms with Crippen LogP contribution >= 0.6 is 0 Å². The predicted octanol–water partition coefficient (Wildman–Crippen LogP) is 6.29. The number of hydrogen-bond acceptors (Lipinski definition) is 1. The molecule has 0 saturated heterocycles. The van der Waals surface area contributed by atoms with E-state index in [4.69, 9.17) is 0 Å². The molecule has 0 fully saturated rings. The molecule has 2 nitrogen and oxygen atoms in total. The molecular formula is C21H43NO. The monoisotopic (exact) mass is 325 g/mol. The van der Waals surface area contributed by atoms with Crippen LogP contribution in [0.2, 0.25) is 0 Å². The Kier molecular flexibility index (Phi) is 13.5. The summed E-state index contributed by atoms with van der Waals surface area (Å²) in [5, 5.41) is 0. The molecule has 0 bridgehead atoms. The van der Waals surface area contributed by atoms with Crippen LogP contribution in [0.5, 0.6) is 0 Å². The highest BCUT2D eigenvalue weighted by atomic mass is 16.2. The third-order valence-electron chi connectivity index (χ3n) is 5.39. The molecule has 23 heavy (non-hydrogen) atoms. The fourth-order valence-corrected chi connectivity index (χ4v) is 3.20. The van der Waals surface area contributed by atoms with Gasteiger partial charge in [0.15, 0.2) is 0 Å². The van der Waals surface area contributed by atoms with Crippen LogP contribution in [-0.4, -0.2) is 23.9 Å². The number of unbranched alkanes of at least 4 members (excludes halogenated alkanes) is 2. The molecule has 138 valence electrons. The molecule has 0 aliphatic heterocycles. The van der Waals surface area contributed by atoms with Crippen molar-refractivity contribution in [1.82, 2.24) is 4.90 Å². The van der Waals surface area contributed by atoms with Crippen molar-refractivity contribution in [3.63, 3.8) is 0 Å². The van der Waals surface area contributed by atoms with Crippen LogP contribution in [0.3, 0.4) is 0 Å². The largest absolute Gasteiger partial charge is 0.342 e. The van der Waals surface area contributed by atoms with Crippen LogP contribution in [0.1, 0.15) is 99.3 Å². The summed E-state index contributed by atoms with van der Waals surface area (Å²) in [4.78, 5) is 15.1. The van der Waals surface area contributed by atoms with Gasteiger partial charge in [-0.3, -0.25) is 4.79 Å². The zero-order valence-corrected chi connectivity index (χ0v) is 16.9. The van der Waals surface area contributed by atoms with Crippen molar-refractivity contribution in [3.8, 4) is 0 Å². The molecule has 3 atom stereocenters. The van der Waals surface area contributed by atoms with Crippen molar-refractivity contribution in [1.29, 1.82) is 0 Å². The lowest BCUT2D eigenvalue weighted by Crippen LogP contribution is -2.41. The Morgan fingerprint density at radius 1 is 0.783 bits per heavy atom. The average molecular weight is 326 g/mol. The maximum atomic E-state index is 12.9. The lowest BCUT2D eigenvalue weighted by molar-refractivity contribution is -0.136. The smallest absolute Gasteiger partial charge is 0.225 e. The number of carbonyl (C=O) groups excluding carboxylic acids is 1. The van der Waals surface area contributed by atoms with E-state index in [1.165, 1.54) is 51.4 Å². The van der Waals surface area contributed by atoms with E-state index in [-0.39, 0.29) is 5.92 Å². The Hall–Kier alpha value is -0.530. The lowest BCUT2D eigenvalue weighted by Gasteiger charge is -2.32. The van der Waals surface area contributed by atoms with Gasteiger partial charge in [0.05, 0.1) is 0 Å². The molecule has 0 heterocycles. The highest BCUT2D eigenvalue weighted by Crippen LogP contribution is 2.21. The number of nitrogens with zero attached hydrogens (tertiary/aromatic N) is 1. The molecule has 0 aromatic carbocycles. The Bertz CT molecular complexity index is 272. The zero-order chi connectivity index (χ0) is 17.7. The number of amides is 1. The van der Waals surface area contributed by atoms with Crippen molar-refractivity contribution < 1.29 is 4.79 Å². The summed E-state index contributed by atoms with van der Waals surface area (Å²) in [5.41, 5.74) is 0.